The van der Waals surface area contributed by atoms with Crippen LogP contribution in [-0.2, 0) is 9.59 Å². The van der Waals surface area contributed by atoms with Gasteiger partial charge >= 0.3 is 0 Å². The smallest absolute Gasteiger partial charge is 0.270 e. The van der Waals surface area contributed by atoms with Gasteiger partial charge in [-0.1, -0.05) is 0 Å². The van der Waals surface area contributed by atoms with E-state index in [9.17, 15) is 19.7 Å². The zero-order valence-electron chi connectivity index (χ0n) is 17.7. The molecule has 2 amide bonds. The van der Waals surface area contributed by atoms with E-state index in [1.54, 1.807) is 30.3 Å². The van der Waals surface area contributed by atoms with Crippen LogP contribution < -0.4 is 25.2 Å². The number of non-ortho nitro benzene ring substituents is 1. The Labute approximate surface area is 195 Å². The van der Waals surface area contributed by atoms with Gasteiger partial charge in [-0.05, 0) is 48.6 Å². The fourth-order valence-corrected chi connectivity index (χ4v) is 4.02. The molecule has 170 valence electrons. The van der Waals surface area contributed by atoms with Gasteiger partial charge in [0, 0.05) is 49.6 Å². The molecule has 2 heterocycles. The molecule has 10 nitrogen and oxygen atoms in total. The van der Waals surface area contributed by atoms with E-state index in [0.29, 0.717) is 35.8 Å². The van der Waals surface area contributed by atoms with E-state index in [4.69, 9.17) is 17.0 Å². The first kappa shape index (κ1) is 22.4. The van der Waals surface area contributed by atoms with Gasteiger partial charge < -0.3 is 15.0 Å². The molecule has 2 aromatic carbocycles. The number of nitro groups is 1. The van der Waals surface area contributed by atoms with Crippen molar-refractivity contribution in [1.29, 1.82) is 0 Å². The first-order valence-corrected chi connectivity index (χ1v) is 10.6. The van der Waals surface area contributed by atoms with Crippen LogP contribution in [0.2, 0.25) is 0 Å². The number of anilines is 2. The third-order valence-electron chi connectivity index (χ3n) is 5.41. The van der Waals surface area contributed by atoms with Gasteiger partial charge in [0.15, 0.2) is 5.11 Å². The van der Waals surface area contributed by atoms with Crippen LogP contribution in [0.5, 0.6) is 5.75 Å². The molecule has 0 spiro atoms. The fraction of sp³-hybridized carbons (Fsp3) is 0.227. The number of nitrogens with one attached hydrogen (secondary N) is 2. The van der Waals surface area contributed by atoms with Crippen molar-refractivity contribution in [3.8, 4) is 5.75 Å². The molecule has 2 N–H and O–H groups in total. The first-order valence-electron chi connectivity index (χ1n) is 10.2. The van der Waals surface area contributed by atoms with Crippen LogP contribution >= 0.6 is 12.2 Å². The number of piperazine rings is 1. The van der Waals surface area contributed by atoms with Crippen molar-refractivity contribution in [2.45, 2.75) is 0 Å². The lowest BCUT2D eigenvalue weighted by Gasteiger charge is -2.31. The number of methoxy groups -OCH3 is 1. The quantitative estimate of drug-likeness (QED) is 0.225. The van der Waals surface area contributed by atoms with Crippen LogP contribution in [0.15, 0.2) is 48.0 Å². The highest BCUT2D eigenvalue weighted by molar-refractivity contribution is 7.80. The second-order valence-corrected chi connectivity index (χ2v) is 7.78. The number of carbonyl (C=O) groups is 2. The maximum Gasteiger partial charge on any atom is 0.270 e. The molecule has 4 rings (SSSR count). The van der Waals surface area contributed by atoms with Gasteiger partial charge in [0.1, 0.15) is 11.3 Å². The molecule has 0 bridgehead atoms. The van der Waals surface area contributed by atoms with Crippen molar-refractivity contribution < 1.29 is 19.2 Å². The Morgan fingerprint density at radius 3 is 2.45 bits per heavy atom. The maximum atomic E-state index is 13.3. The minimum Gasteiger partial charge on any atom is -0.497 e. The summed E-state index contributed by atoms with van der Waals surface area (Å²) in [4.78, 5) is 40.2. The number of nitro benzene ring substituents is 1. The summed E-state index contributed by atoms with van der Waals surface area (Å²) in [7, 11) is 1.53. The molecule has 0 aromatic heterocycles. The van der Waals surface area contributed by atoms with Gasteiger partial charge in [0.05, 0.1) is 17.7 Å². The van der Waals surface area contributed by atoms with Crippen LogP contribution in [0, 0.1) is 10.1 Å². The number of thiocarbonyl (C=S) groups is 1. The van der Waals surface area contributed by atoms with E-state index >= 15 is 0 Å². The van der Waals surface area contributed by atoms with Crippen molar-refractivity contribution in [1.82, 2.24) is 10.6 Å². The van der Waals surface area contributed by atoms with Gasteiger partial charge in [-0.25, -0.2) is 0 Å². The summed E-state index contributed by atoms with van der Waals surface area (Å²) in [5.74, 6) is -0.676. The number of hydrogen-bond acceptors (Lipinski definition) is 8. The SMILES string of the molecule is COc1ccc(N2C(=O)/C(=C\c3cc([N+](=O)[O-])ccc3N3CCNCC3)C(=O)NC2=S)cc1. The molecule has 0 aliphatic carbocycles. The molecule has 2 fully saturated rings. The van der Waals surface area contributed by atoms with Crippen LogP contribution in [0.25, 0.3) is 6.08 Å². The van der Waals surface area contributed by atoms with Crippen molar-refractivity contribution in [2.75, 3.05) is 43.1 Å². The molecule has 2 saturated heterocycles. The molecule has 0 radical (unpaired) electrons. The van der Waals surface area contributed by atoms with Gasteiger partial charge in [-0.2, -0.15) is 0 Å². The lowest BCUT2D eigenvalue weighted by Crippen LogP contribution is -2.54. The van der Waals surface area contributed by atoms with E-state index in [2.05, 4.69) is 15.5 Å². The molecule has 33 heavy (non-hydrogen) atoms. The summed E-state index contributed by atoms with van der Waals surface area (Å²) < 4.78 is 5.15. The van der Waals surface area contributed by atoms with Crippen molar-refractivity contribution in [2.24, 2.45) is 0 Å². The molecular weight excluding hydrogens is 446 g/mol. The molecule has 0 atom stereocenters. The predicted molar refractivity (Wildman–Crippen MR) is 127 cm³/mol. The van der Waals surface area contributed by atoms with E-state index in [-0.39, 0.29) is 16.4 Å². The zero-order valence-corrected chi connectivity index (χ0v) is 18.6. The zero-order chi connectivity index (χ0) is 23.5. The number of ether oxygens (including phenoxy) is 1. The normalized spacial score (nSPS) is 17.8. The van der Waals surface area contributed by atoms with E-state index < -0.39 is 16.7 Å². The average Bonchev–Trinajstić information content (AvgIpc) is 2.82. The number of nitrogens with zero attached hydrogens (tertiary/aromatic N) is 3. The Kier molecular flexibility index (Phi) is 6.33. The second kappa shape index (κ2) is 9.35. The highest BCUT2D eigenvalue weighted by atomic mass is 32.1. The van der Waals surface area contributed by atoms with E-state index in [1.807, 2.05) is 0 Å². The summed E-state index contributed by atoms with van der Waals surface area (Å²) in [5, 5.41) is 17.1. The minimum absolute atomic E-state index is 0.0475. The summed E-state index contributed by atoms with van der Waals surface area (Å²) in [5.41, 5.74) is 1.27. The molecule has 0 saturated carbocycles. The molecular formula is C22H21N5O5S. The standard InChI is InChI=1S/C22H21N5O5S/c1-32-17-5-2-15(3-6-17)26-21(29)18(20(28)24-22(26)33)13-14-12-16(27(30)31)4-7-19(14)25-10-8-23-9-11-25/h2-7,12-13,23H,8-11H2,1H3,(H,24,28,33)/b18-13-. The Morgan fingerprint density at radius 1 is 1.12 bits per heavy atom. The maximum absolute atomic E-state index is 13.3. The summed E-state index contributed by atoms with van der Waals surface area (Å²) >= 11 is 5.24. The molecule has 2 aromatic rings. The number of benzene rings is 2. The van der Waals surface area contributed by atoms with Gasteiger partial charge in [0.25, 0.3) is 17.5 Å². The van der Waals surface area contributed by atoms with Gasteiger partial charge in [0.2, 0.25) is 0 Å². The third-order valence-corrected chi connectivity index (χ3v) is 5.70. The fourth-order valence-electron chi connectivity index (χ4n) is 3.74. The topological polar surface area (TPSA) is 117 Å². The Hall–Kier alpha value is -3.83. The molecule has 0 unspecified atom stereocenters. The Morgan fingerprint density at radius 2 is 1.82 bits per heavy atom. The van der Waals surface area contributed by atoms with Crippen LogP contribution in [-0.4, -0.2) is 55.1 Å². The number of rotatable bonds is 5. The first-order chi connectivity index (χ1) is 15.9. The molecule has 2 aliphatic heterocycles. The molecule has 11 heteroatoms. The highest BCUT2D eigenvalue weighted by Crippen LogP contribution is 2.30. The van der Waals surface area contributed by atoms with Crippen molar-refractivity contribution in [3.05, 3.63) is 63.7 Å². The summed E-state index contributed by atoms with van der Waals surface area (Å²) in [6, 6.07) is 11.1. The van der Waals surface area contributed by atoms with Crippen molar-refractivity contribution in [3.63, 3.8) is 0 Å². The van der Waals surface area contributed by atoms with Crippen LogP contribution in [0.3, 0.4) is 0 Å². The van der Waals surface area contributed by atoms with Crippen LogP contribution in [0.4, 0.5) is 17.1 Å². The Bertz CT molecular complexity index is 1160. The Balaban J connectivity index is 1.76. The summed E-state index contributed by atoms with van der Waals surface area (Å²) in [6.07, 6.45) is 1.39. The van der Waals surface area contributed by atoms with E-state index in [1.165, 1.54) is 30.2 Å². The van der Waals surface area contributed by atoms with Crippen molar-refractivity contribution >= 4 is 52.3 Å². The third kappa shape index (κ3) is 4.54. The van der Waals surface area contributed by atoms with Crippen LogP contribution in [0.1, 0.15) is 5.56 Å². The summed E-state index contributed by atoms with van der Waals surface area (Å²) in [6.45, 7) is 2.89. The number of carbonyl (C=O) groups excluding carboxylic acids is 2. The minimum atomic E-state index is -0.660. The van der Waals surface area contributed by atoms with Gasteiger partial charge in [-0.3, -0.25) is 29.9 Å². The monoisotopic (exact) mass is 467 g/mol. The second-order valence-electron chi connectivity index (χ2n) is 7.39. The average molecular weight is 468 g/mol. The lowest BCUT2D eigenvalue weighted by atomic mass is 10.0. The largest absolute Gasteiger partial charge is 0.497 e. The van der Waals surface area contributed by atoms with Gasteiger partial charge in [-0.15, -0.1) is 0 Å². The number of amides is 2. The lowest BCUT2D eigenvalue weighted by molar-refractivity contribution is -0.384. The highest BCUT2D eigenvalue weighted by Gasteiger charge is 2.35. The predicted octanol–water partition coefficient (Wildman–Crippen LogP) is 1.84. The van der Waals surface area contributed by atoms with E-state index in [0.717, 1.165) is 13.1 Å². The molecule has 2 aliphatic rings. The number of hydrogen-bond donors (Lipinski definition) is 2.